The molecule has 0 unspecified atom stereocenters. The summed E-state index contributed by atoms with van der Waals surface area (Å²) < 4.78 is 16.4. The van der Waals surface area contributed by atoms with Crippen molar-refractivity contribution in [2.45, 2.75) is 26.7 Å². The quantitative estimate of drug-likeness (QED) is 0.613. The molecule has 5 nitrogen and oxygen atoms in total. The maximum Gasteiger partial charge on any atom is 0.354 e. The SMILES string of the molecule is CCOC(=O)c1cc2cc(Oc3ccc(OC)c(C(C)C)c3)ccc2[nH]1. The molecule has 1 aromatic heterocycles. The average Bonchev–Trinajstić information content (AvgIpc) is 3.05. The summed E-state index contributed by atoms with van der Waals surface area (Å²) in [6.07, 6.45) is 0. The molecular weight excluding hydrogens is 330 g/mol. The maximum atomic E-state index is 11.9. The lowest BCUT2D eigenvalue weighted by atomic mass is 10.0. The van der Waals surface area contributed by atoms with Crippen LogP contribution in [0, 0.1) is 0 Å². The van der Waals surface area contributed by atoms with Crippen LogP contribution < -0.4 is 9.47 Å². The van der Waals surface area contributed by atoms with Gasteiger partial charge in [0.1, 0.15) is 22.9 Å². The van der Waals surface area contributed by atoms with Gasteiger partial charge in [0.25, 0.3) is 0 Å². The van der Waals surface area contributed by atoms with Crippen LogP contribution in [0.3, 0.4) is 0 Å². The maximum absolute atomic E-state index is 11.9. The minimum absolute atomic E-state index is 0.327. The van der Waals surface area contributed by atoms with Crippen LogP contribution in [-0.2, 0) is 4.74 Å². The summed E-state index contributed by atoms with van der Waals surface area (Å²) in [7, 11) is 1.67. The minimum Gasteiger partial charge on any atom is -0.496 e. The summed E-state index contributed by atoms with van der Waals surface area (Å²) in [6.45, 7) is 6.36. The van der Waals surface area contributed by atoms with E-state index in [2.05, 4.69) is 18.8 Å². The number of rotatable bonds is 6. The van der Waals surface area contributed by atoms with Gasteiger partial charge in [0.2, 0.25) is 0 Å². The second-order valence-corrected chi connectivity index (χ2v) is 6.31. The van der Waals surface area contributed by atoms with Crippen LogP contribution in [0.2, 0.25) is 0 Å². The zero-order valence-electron chi connectivity index (χ0n) is 15.5. The second-order valence-electron chi connectivity index (χ2n) is 6.31. The van der Waals surface area contributed by atoms with Crippen molar-refractivity contribution in [3.8, 4) is 17.2 Å². The van der Waals surface area contributed by atoms with Gasteiger partial charge < -0.3 is 19.2 Å². The van der Waals surface area contributed by atoms with Crippen LogP contribution in [0.1, 0.15) is 42.7 Å². The molecule has 0 amide bonds. The number of hydrogen-bond donors (Lipinski definition) is 1. The molecule has 0 atom stereocenters. The molecule has 0 radical (unpaired) electrons. The van der Waals surface area contributed by atoms with Crippen LogP contribution in [0.4, 0.5) is 0 Å². The number of aromatic amines is 1. The molecule has 26 heavy (non-hydrogen) atoms. The van der Waals surface area contributed by atoms with Crippen molar-refractivity contribution in [1.82, 2.24) is 4.98 Å². The fourth-order valence-electron chi connectivity index (χ4n) is 2.86. The van der Waals surface area contributed by atoms with Gasteiger partial charge in [0.15, 0.2) is 0 Å². The molecule has 136 valence electrons. The Bertz CT molecular complexity index is 927. The molecule has 0 saturated carbocycles. The number of methoxy groups -OCH3 is 1. The molecule has 0 aliphatic heterocycles. The van der Waals surface area contributed by atoms with Crippen LogP contribution in [0.5, 0.6) is 17.2 Å². The highest BCUT2D eigenvalue weighted by molar-refractivity contribution is 5.95. The molecule has 2 aromatic carbocycles. The normalized spacial score (nSPS) is 11.0. The van der Waals surface area contributed by atoms with E-state index in [1.54, 1.807) is 20.1 Å². The lowest BCUT2D eigenvalue weighted by molar-refractivity contribution is 0.0520. The van der Waals surface area contributed by atoms with E-state index < -0.39 is 0 Å². The van der Waals surface area contributed by atoms with Gasteiger partial charge in [0.05, 0.1) is 13.7 Å². The van der Waals surface area contributed by atoms with E-state index in [0.717, 1.165) is 28.0 Å². The van der Waals surface area contributed by atoms with Crippen molar-refractivity contribution in [3.05, 3.63) is 53.7 Å². The molecule has 1 N–H and O–H groups in total. The van der Waals surface area contributed by atoms with Crippen LogP contribution in [0.25, 0.3) is 10.9 Å². The first-order chi connectivity index (χ1) is 12.5. The Labute approximate surface area is 152 Å². The summed E-state index contributed by atoms with van der Waals surface area (Å²) in [5.41, 5.74) is 2.39. The average molecular weight is 353 g/mol. The Morgan fingerprint density at radius 1 is 1.08 bits per heavy atom. The fourth-order valence-corrected chi connectivity index (χ4v) is 2.86. The summed E-state index contributed by atoms with van der Waals surface area (Å²) >= 11 is 0. The molecule has 3 rings (SSSR count). The third-order valence-electron chi connectivity index (χ3n) is 4.15. The van der Waals surface area contributed by atoms with E-state index >= 15 is 0 Å². The number of benzene rings is 2. The van der Waals surface area contributed by atoms with Crippen LogP contribution >= 0.6 is 0 Å². The molecule has 1 heterocycles. The zero-order chi connectivity index (χ0) is 18.7. The van der Waals surface area contributed by atoms with Crippen molar-refractivity contribution < 1.29 is 19.0 Å². The first-order valence-corrected chi connectivity index (χ1v) is 8.67. The second kappa shape index (κ2) is 7.52. The molecule has 0 saturated heterocycles. The van der Waals surface area contributed by atoms with Crippen molar-refractivity contribution in [2.24, 2.45) is 0 Å². The van der Waals surface area contributed by atoms with Gasteiger partial charge in [-0.1, -0.05) is 13.8 Å². The number of esters is 1. The fraction of sp³-hybridized carbons (Fsp3) is 0.286. The van der Waals surface area contributed by atoms with Crippen LogP contribution in [-0.4, -0.2) is 24.7 Å². The van der Waals surface area contributed by atoms with Gasteiger partial charge in [-0.05, 0) is 55.3 Å². The molecule has 0 bridgehead atoms. The predicted octanol–water partition coefficient (Wildman–Crippen LogP) is 5.27. The third-order valence-corrected chi connectivity index (χ3v) is 4.15. The summed E-state index contributed by atoms with van der Waals surface area (Å²) in [5.74, 6) is 2.27. The Balaban J connectivity index is 1.87. The highest BCUT2D eigenvalue weighted by Crippen LogP contribution is 2.33. The first-order valence-electron chi connectivity index (χ1n) is 8.67. The molecule has 0 aliphatic rings. The topological polar surface area (TPSA) is 60.6 Å². The Hall–Kier alpha value is -2.95. The molecular formula is C21H23NO4. The third kappa shape index (κ3) is 3.67. The van der Waals surface area contributed by atoms with E-state index in [9.17, 15) is 4.79 Å². The van der Waals surface area contributed by atoms with E-state index in [1.165, 1.54) is 0 Å². The Morgan fingerprint density at radius 3 is 2.50 bits per heavy atom. The molecule has 5 heteroatoms. The van der Waals surface area contributed by atoms with E-state index in [4.69, 9.17) is 14.2 Å². The largest absolute Gasteiger partial charge is 0.496 e. The number of carbonyl (C=O) groups is 1. The van der Waals surface area contributed by atoms with Crippen molar-refractivity contribution >= 4 is 16.9 Å². The Kier molecular flexibility index (Phi) is 5.16. The van der Waals surface area contributed by atoms with Gasteiger partial charge in [-0.15, -0.1) is 0 Å². The lowest BCUT2D eigenvalue weighted by Crippen LogP contribution is -2.04. The van der Waals surface area contributed by atoms with Gasteiger partial charge in [-0.3, -0.25) is 0 Å². The molecule has 0 spiro atoms. The Morgan fingerprint density at radius 2 is 1.81 bits per heavy atom. The van der Waals surface area contributed by atoms with Crippen molar-refractivity contribution in [1.29, 1.82) is 0 Å². The number of fused-ring (bicyclic) bond motifs is 1. The number of ether oxygens (including phenoxy) is 3. The lowest BCUT2D eigenvalue weighted by Gasteiger charge is -2.14. The van der Waals surface area contributed by atoms with Crippen LogP contribution in [0.15, 0.2) is 42.5 Å². The van der Waals surface area contributed by atoms with E-state index in [0.29, 0.717) is 24.0 Å². The summed E-state index contributed by atoms with van der Waals surface area (Å²) in [6, 6.07) is 13.2. The van der Waals surface area contributed by atoms with Gasteiger partial charge in [-0.25, -0.2) is 4.79 Å². The summed E-state index contributed by atoms with van der Waals surface area (Å²) in [4.78, 5) is 14.9. The minimum atomic E-state index is -0.358. The predicted molar refractivity (Wildman–Crippen MR) is 101 cm³/mol. The molecule has 0 fully saturated rings. The number of aromatic nitrogens is 1. The van der Waals surface area contributed by atoms with Crippen molar-refractivity contribution in [3.63, 3.8) is 0 Å². The number of hydrogen-bond acceptors (Lipinski definition) is 4. The first kappa shape index (κ1) is 17.9. The standard InChI is InChI=1S/C21H23NO4/c1-5-25-21(23)19-11-14-10-15(6-8-18(14)22-19)26-16-7-9-20(24-4)17(12-16)13(2)3/h6-13,22H,5H2,1-4H3. The van der Waals surface area contributed by atoms with Crippen molar-refractivity contribution in [2.75, 3.05) is 13.7 Å². The highest BCUT2D eigenvalue weighted by Gasteiger charge is 2.12. The van der Waals surface area contributed by atoms with Gasteiger partial charge in [0, 0.05) is 16.5 Å². The summed E-state index contributed by atoms with van der Waals surface area (Å²) in [5, 5.41) is 0.892. The van der Waals surface area contributed by atoms with E-state index in [-0.39, 0.29) is 5.97 Å². The van der Waals surface area contributed by atoms with Gasteiger partial charge >= 0.3 is 5.97 Å². The molecule has 0 aliphatic carbocycles. The number of carbonyl (C=O) groups excluding carboxylic acids is 1. The number of H-pyrrole nitrogens is 1. The highest BCUT2D eigenvalue weighted by atomic mass is 16.5. The smallest absolute Gasteiger partial charge is 0.354 e. The van der Waals surface area contributed by atoms with E-state index in [1.807, 2.05) is 36.4 Å². The number of nitrogens with one attached hydrogen (secondary N) is 1. The van der Waals surface area contributed by atoms with Gasteiger partial charge in [-0.2, -0.15) is 0 Å². The zero-order valence-corrected chi connectivity index (χ0v) is 15.5. The molecule has 3 aromatic rings. The monoisotopic (exact) mass is 353 g/mol.